The maximum absolute atomic E-state index is 13.6. The van der Waals surface area contributed by atoms with Crippen molar-refractivity contribution in [1.29, 1.82) is 0 Å². The number of thioether (sulfide) groups is 1. The van der Waals surface area contributed by atoms with Crippen LogP contribution in [0.5, 0.6) is 0 Å². The number of hydrogen-bond acceptors (Lipinski definition) is 4. The molecule has 2 saturated heterocycles. The van der Waals surface area contributed by atoms with Crippen LogP contribution in [0.2, 0.25) is 10.0 Å². The van der Waals surface area contributed by atoms with Crippen LogP contribution in [0.4, 0.5) is 10.1 Å². The number of fused-ring (bicyclic) bond motifs is 1. The van der Waals surface area contributed by atoms with Crippen LogP contribution in [0.3, 0.4) is 0 Å². The molecule has 2 aliphatic rings. The molecule has 2 aromatic carbocycles. The zero-order valence-corrected chi connectivity index (χ0v) is 18.0. The number of halogens is 3. The number of benzene rings is 2. The van der Waals surface area contributed by atoms with Gasteiger partial charge in [-0.1, -0.05) is 47.1 Å². The molecular weight excluding hydrogens is 458 g/mol. The third-order valence-corrected chi connectivity index (χ3v) is 8.49. The van der Waals surface area contributed by atoms with Crippen LogP contribution in [-0.2, 0) is 21.1 Å². The SMILES string of the molecule is O=C(Cc1ccc(Cl)cc1)N=C1S[C@@H]2CS(=O)(=O)C[C@@H]2N1c1ccc(F)c(Cl)c1. The molecule has 2 heterocycles. The van der Waals surface area contributed by atoms with E-state index in [0.29, 0.717) is 15.9 Å². The summed E-state index contributed by atoms with van der Waals surface area (Å²) < 4.78 is 37.8. The van der Waals surface area contributed by atoms with Gasteiger partial charge in [-0.15, -0.1) is 0 Å². The maximum atomic E-state index is 13.6. The van der Waals surface area contributed by atoms with Crippen LogP contribution in [0.25, 0.3) is 0 Å². The molecule has 4 rings (SSSR count). The molecule has 0 unspecified atom stereocenters. The average molecular weight is 473 g/mol. The number of rotatable bonds is 3. The molecule has 5 nitrogen and oxygen atoms in total. The van der Waals surface area contributed by atoms with Gasteiger partial charge in [0.05, 0.1) is 29.0 Å². The Labute approximate surface area is 181 Å². The van der Waals surface area contributed by atoms with Gasteiger partial charge in [0.15, 0.2) is 15.0 Å². The summed E-state index contributed by atoms with van der Waals surface area (Å²) in [6.07, 6.45) is 0.0902. The van der Waals surface area contributed by atoms with Crippen molar-refractivity contribution in [3.05, 3.63) is 63.9 Å². The molecule has 10 heteroatoms. The second kappa shape index (κ2) is 7.91. The largest absolute Gasteiger partial charge is 0.316 e. The maximum Gasteiger partial charge on any atom is 0.252 e. The van der Waals surface area contributed by atoms with Crippen molar-refractivity contribution in [3.63, 3.8) is 0 Å². The first-order valence-corrected chi connectivity index (χ1v) is 12.1. The summed E-state index contributed by atoms with van der Waals surface area (Å²) in [6, 6.07) is 10.7. The molecule has 0 bridgehead atoms. The van der Waals surface area contributed by atoms with Crippen molar-refractivity contribution in [2.24, 2.45) is 4.99 Å². The molecule has 1 amide bonds. The number of anilines is 1. The van der Waals surface area contributed by atoms with E-state index in [1.807, 2.05) is 0 Å². The second-order valence-corrected chi connectivity index (χ2v) is 11.1. The monoisotopic (exact) mass is 472 g/mol. The number of amidine groups is 1. The molecule has 2 aliphatic heterocycles. The highest BCUT2D eigenvalue weighted by Crippen LogP contribution is 2.41. The summed E-state index contributed by atoms with van der Waals surface area (Å²) in [6.45, 7) is 0. The van der Waals surface area contributed by atoms with Gasteiger partial charge in [0.25, 0.3) is 5.91 Å². The first-order valence-electron chi connectivity index (χ1n) is 8.69. The molecule has 2 atom stereocenters. The molecule has 29 heavy (non-hydrogen) atoms. The van der Waals surface area contributed by atoms with Crippen LogP contribution in [0.1, 0.15) is 5.56 Å². The van der Waals surface area contributed by atoms with Crippen LogP contribution in [-0.4, -0.2) is 42.3 Å². The van der Waals surface area contributed by atoms with E-state index in [2.05, 4.69) is 4.99 Å². The molecule has 0 spiro atoms. The van der Waals surface area contributed by atoms with E-state index in [4.69, 9.17) is 23.2 Å². The first-order chi connectivity index (χ1) is 13.7. The topological polar surface area (TPSA) is 66.8 Å². The minimum absolute atomic E-state index is 0.0121. The minimum atomic E-state index is -3.19. The van der Waals surface area contributed by atoms with E-state index in [-0.39, 0.29) is 40.1 Å². The first kappa shape index (κ1) is 20.7. The zero-order chi connectivity index (χ0) is 20.8. The summed E-state index contributed by atoms with van der Waals surface area (Å²) in [4.78, 5) is 18.5. The van der Waals surface area contributed by atoms with Crippen molar-refractivity contribution in [2.75, 3.05) is 16.4 Å². The summed E-state index contributed by atoms with van der Waals surface area (Å²) in [5.41, 5.74) is 1.28. The average Bonchev–Trinajstić information content (AvgIpc) is 3.10. The Bertz CT molecular complexity index is 1110. The highest BCUT2D eigenvalue weighted by molar-refractivity contribution is 8.16. The summed E-state index contributed by atoms with van der Waals surface area (Å²) in [5.74, 6) is -0.978. The number of carbonyl (C=O) groups excluding carboxylic acids is 1. The summed E-state index contributed by atoms with van der Waals surface area (Å²) >= 11 is 13.0. The molecule has 2 fully saturated rings. The van der Waals surface area contributed by atoms with Crippen molar-refractivity contribution in [2.45, 2.75) is 17.7 Å². The Balaban J connectivity index is 1.65. The van der Waals surface area contributed by atoms with Gasteiger partial charge in [0, 0.05) is 16.0 Å². The van der Waals surface area contributed by atoms with E-state index in [1.165, 1.54) is 30.0 Å². The Morgan fingerprint density at radius 1 is 1.17 bits per heavy atom. The lowest BCUT2D eigenvalue weighted by Crippen LogP contribution is -2.37. The van der Waals surface area contributed by atoms with Crippen LogP contribution in [0.15, 0.2) is 47.5 Å². The van der Waals surface area contributed by atoms with Crippen LogP contribution < -0.4 is 4.90 Å². The number of sulfone groups is 1. The van der Waals surface area contributed by atoms with E-state index in [0.717, 1.165) is 5.56 Å². The van der Waals surface area contributed by atoms with Crippen molar-refractivity contribution in [1.82, 2.24) is 0 Å². The fourth-order valence-corrected chi connectivity index (χ4v) is 7.66. The van der Waals surface area contributed by atoms with E-state index < -0.39 is 15.7 Å². The van der Waals surface area contributed by atoms with Crippen molar-refractivity contribution < 1.29 is 17.6 Å². The third kappa shape index (κ3) is 4.45. The lowest BCUT2D eigenvalue weighted by Gasteiger charge is -2.24. The minimum Gasteiger partial charge on any atom is -0.316 e. The molecule has 0 N–H and O–H groups in total. The van der Waals surface area contributed by atoms with Gasteiger partial charge in [0.2, 0.25) is 0 Å². The van der Waals surface area contributed by atoms with Gasteiger partial charge in [0.1, 0.15) is 5.82 Å². The zero-order valence-electron chi connectivity index (χ0n) is 14.9. The lowest BCUT2D eigenvalue weighted by atomic mass is 10.1. The van der Waals surface area contributed by atoms with E-state index >= 15 is 0 Å². The number of amides is 1. The predicted molar refractivity (Wildman–Crippen MR) is 115 cm³/mol. The lowest BCUT2D eigenvalue weighted by molar-refractivity contribution is -0.117. The van der Waals surface area contributed by atoms with Crippen molar-refractivity contribution in [3.8, 4) is 0 Å². The van der Waals surface area contributed by atoms with Gasteiger partial charge >= 0.3 is 0 Å². The molecule has 152 valence electrons. The quantitative estimate of drug-likeness (QED) is 0.675. The smallest absolute Gasteiger partial charge is 0.252 e. The van der Waals surface area contributed by atoms with Gasteiger partial charge in [-0.2, -0.15) is 4.99 Å². The molecule has 0 radical (unpaired) electrons. The Kier molecular flexibility index (Phi) is 5.63. The number of carbonyl (C=O) groups is 1. The highest BCUT2D eigenvalue weighted by atomic mass is 35.5. The van der Waals surface area contributed by atoms with Gasteiger partial charge in [-0.25, -0.2) is 12.8 Å². The molecule has 0 aliphatic carbocycles. The third-order valence-electron chi connectivity index (χ3n) is 4.74. The van der Waals surface area contributed by atoms with Gasteiger partial charge in [-0.05, 0) is 35.9 Å². The Morgan fingerprint density at radius 2 is 1.90 bits per heavy atom. The Hall–Kier alpha value is -1.61. The van der Waals surface area contributed by atoms with Crippen LogP contribution in [0, 0.1) is 5.82 Å². The van der Waals surface area contributed by atoms with Crippen LogP contribution >= 0.6 is 35.0 Å². The number of aliphatic imine (C=N–C) groups is 1. The van der Waals surface area contributed by atoms with Crippen molar-refractivity contribution >= 4 is 61.6 Å². The second-order valence-electron chi connectivity index (χ2n) is 6.86. The van der Waals surface area contributed by atoms with E-state index in [9.17, 15) is 17.6 Å². The standard InChI is InChI=1S/C19H15Cl2FN2O3S2/c20-12-3-1-11(2-4-12)7-18(25)23-19-24(13-5-6-15(22)14(21)8-13)16-9-29(26,27)10-17(16)28-19/h1-6,8,16-17H,7,9-10H2/t16-,17+/m0/s1. The number of nitrogens with zero attached hydrogens (tertiary/aromatic N) is 2. The number of hydrogen-bond donors (Lipinski definition) is 0. The fraction of sp³-hybridized carbons (Fsp3) is 0.263. The van der Waals surface area contributed by atoms with E-state index in [1.54, 1.807) is 29.2 Å². The molecular formula is C19H15Cl2FN2O3S2. The van der Waals surface area contributed by atoms with Gasteiger partial charge < -0.3 is 4.90 Å². The normalized spacial score (nSPS) is 24.1. The fourth-order valence-electron chi connectivity index (χ4n) is 3.42. The molecule has 0 saturated carbocycles. The summed E-state index contributed by atoms with van der Waals surface area (Å²) in [7, 11) is -3.19. The predicted octanol–water partition coefficient (Wildman–Crippen LogP) is 3.98. The summed E-state index contributed by atoms with van der Waals surface area (Å²) in [5, 5.41) is 0.651. The Morgan fingerprint density at radius 3 is 2.59 bits per heavy atom. The highest BCUT2D eigenvalue weighted by Gasteiger charge is 2.49. The van der Waals surface area contributed by atoms with Gasteiger partial charge in [-0.3, -0.25) is 4.79 Å². The molecule has 0 aromatic heterocycles. The molecule has 2 aromatic rings.